The fourth-order valence-electron chi connectivity index (χ4n) is 3.98. The highest BCUT2D eigenvalue weighted by molar-refractivity contribution is 5.94. The summed E-state index contributed by atoms with van der Waals surface area (Å²) in [6.07, 6.45) is 5.31. The molecular formula is C24H29N3O4. The molecule has 2 aromatic heterocycles. The van der Waals surface area contributed by atoms with Gasteiger partial charge in [0.1, 0.15) is 23.9 Å². The van der Waals surface area contributed by atoms with Gasteiger partial charge in [-0.05, 0) is 76.2 Å². The summed E-state index contributed by atoms with van der Waals surface area (Å²) in [5, 5.41) is 7.01. The van der Waals surface area contributed by atoms with E-state index in [0.29, 0.717) is 24.5 Å². The third kappa shape index (κ3) is 5.17. The van der Waals surface area contributed by atoms with Gasteiger partial charge < -0.3 is 19.0 Å². The summed E-state index contributed by atoms with van der Waals surface area (Å²) in [7, 11) is 0. The number of aromatic nitrogens is 1. The highest BCUT2D eigenvalue weighted by Crippen LogP contribution is 2.25. The molecule has 1 aliphatic heterocycles. The second-order valence-electron chi connectivity index (χ2n) is 7.95. The van der Waals surface area contributed by atoms with Gasteiger partial charge in [0.25, 0.3) is 5.91 Å². The highest BCUT2D eigenvalue weighted by atomic mass is 16.5. The van der Waals surface area contributed by atoms with Crippen LogP contribution in [0.25, 0.3) is 0 Å². The van der Waals surface area contributed by atoms with Crippen LogP contribution in [0.5, 0.6) is 5.75 Å². The largest absolute Gasteiger partial charge is 0.489 e. The number of furan rings is 1. The fourth-order valence-corrected chi connectivity index (χ4v) is 3.98. The molecule has 3 aromatic rings. The van der Waals surface area contributed by atoms with E-state index < -0.39 is 0 Å². The molecule has 0 saturated carbocycles. The number of hydrogen-bond acceptors (Lipinski definition) is 6. The lowest BCUT2D eigenvalue weighted by Gasteiger charge is -2.33. The minimum Gasteiger partial charge on any atom is -0.489 e. The van der Waals surface area contributed by atoms with E-state index in [-0.39, 0.29) is 11.9 Å². The summed E-state index contributed by atoms with van der Waals surface area (Å²) < 4.78 is 16.6. The van der Waals surface area contributed by atoms with Crippen molar-refractivity contribution in [2.24, 2.45) is 0 Å². The molecule has 4 rings (SSSR count). The molecule has 1 aromatic carbocycles. The van der Waals surface area contributed by atoms with Crippen molar-refractivity contribution in [3.8, 4) is 5.75 Å². The second-order valence-corrected chi connectivity index (χ2v) is 7.95. The number of carbonyl (C=O) groups is 1. The van der Waals surface area contributed by atoms with Crippen molar-refractivity contribution in [1.82, 2.24) is 15.4 Å². The second kappa shape index (κ2) is 9.83. The van der Waals surface area contributed by atoms with Gasteiger partial charge in [-0.2, -0.15) is 0 Å². The van der Waals surface area contributed by atoms with E-state index >= 15 is 0 Å². The number of nitrogens with zero attached hydrogens (tertiary/aromatic N) is 2. The maximum Gasteiger partial charge on any atom is 0.251 e. The normalized spacial score (nSPS) is 15.5. The van der Waals surface area contributed by atoms with Gasteiger partial charge in [0, 0.05) is 12.1 Å². The summed E-state index contributed by atoms with van der Waals surface area (Å²) in [6.45, 7) is 6.70. The molecular weight excluding hydrogens is 394 g/mol. The van der Waals surface area contributed by atoms with Crippen LogP contribution >= 0.6 is 0 Å². The number of hydrogen-bond donors (Lipinski definition) is 1. The number of likely N-dealkylation sites (tertiary alicyclic amines) is 1. The van der Waals surface area contributed by atoms with Crippen molar-refractivity contribution in [1.29, 1.82) is 0 Å². The standard InChI is InChI=1S/C24H29N3O4/c1-17-21(18(2)31-26-17)16-30-20-10-8-19(9-11-20)24(28)25-15-22(23-7-6-14-29-23)27-12-4-3-5-13-27/h6-11,14,22H,3-5,12-13,15-16H2,1-2H3,(H,25,28). The van der Waals surface area contributed by atoms with Crippen molar-refractivity contribution in [2.75, 3.05) is 19.6 Å². The summed E-state index contributed by atoms with van der Waals surface area (Å²) in [4.78, 5) is 15.1. The zero-order valence-corrected chi connectivity index (χ0v) is 18.1. The molecule has 31 heavy (non-hydrogen) atoms. The average Bonchev–Trinajstić information content (AvgIpc) is 3.44. The lowest BCUT2D eigenvalue weighted by Crippen LogP contribution is -2.40. The zero-order chi connectivity index (χ0) is 21.6. The van der Waals surface area contributed by atoms with Crippen LogP contribution in [0.1, 0.15) is 58.4 Å². The molecule has 1 atom stereocenters. The first-order valence-corrected chi connectivity index (χ1v) is 10.8. The van der Waals surface area contributed by atoms with Crippen LogP contribution in [-0.2, 0) is 6.61 Å². The van der Waals surface area contributed by atoms with E-state index in [4.69, 9.17) is 13.7 Å². The number of aryl methyl sites for hydroxylation is 2. The van der Waals surface area contributed by atoms with Crippen LogP contribution in [-0.4, -0.2) is 35.6 Å². The maximum atomic E-state index is 12.7. The first-order valence-electron chi connectivity index (χ1n) is 10.8. The van der Waals surface area contributed by atoms with Crippen molar-refractivity contribution in [3.05, 3.63) is 71.0 Å². The van der Waals surface area contributed by atoms with Crippen molar-refractivity contribution in [3.63, 3.8) is 0 Å². The number of benzene rings is 1. The minimum absolute atomic E-state index is 0.0527. The van der Waals surface area contributed by atoms with Gasteiger partial charge >= 0.3 is 0 Å². The Labute approximate surface area is 182 Å². The van der Waals surface area contributed by atoms with Gasteiger partial charge in [-0.15, -0.1) is 0 Å². The van der Waals surface area contributed by atoms with E-state index in [0.717, 1.165) is 35.9 Å². The summed E-state index contributed by atoms with van der Waals surface area (Å²) in [6, 6.07) is 11.1. The summed E-state index contributed by atoms with van der Waals surface area (Å²) in [5.41, 5.74) is 2.37. The quantitative estimate of drug-likeness (QED) is 0.578. The number of piperidine rings is 1. The Balaban J connectivity index is 1.34. The topological polar surface area (TPSA) is 80.7 Å². The first-order chi connectivity index (χ1) is 15.1. The Morgan fingerprint density at radius 3 is 2.58 bits per heavy atom. The number of ether oxygens (including phenoxy) is 1. The predicted molar refractivity (Wildman–Crippen MR) is 116 cm³/mol. The summed E-state index contributed by atoms with van der Waals surface area (Å²) >= 11 is 0. The minimum atomic E-state index is -0.106. The molecule has 1 N–H and O–H groups in total. The predicted octanol–water partition coefficient (Wildman–Crippen LogP) is 4.42. The van der Waals surface area contributed by atoms with Crippen LogP contribution < -0.4 is 10.1 Å². The number of carbonyl (C=O) groups excluding carboxylic acids is 1. The SMILES string of the molecule is Cc1noc(C)c1COc1ccc(C(=O)NCC(c2ccco2)N2CCCCC2)cc1. The lowest BCUT2D eigenvalue weighted by atomic mass is 10.1. The Kier molecular flexibility index (Phi) is 6.72. The molecule has 0 radical (unpaired) electrons. The molecule has 1 aliphatic rings. The van der Waals surface area contributed by atoms with E-state index in [9.17, 15) is 4.79 Å². The molecule has 7 heteroatoms. The van der Waals surface area contributed by atoms with Crippen LogP contribution in [0.2, 0.25) is 0 Å². The monoisotopic (exact) mass is 423 g/mol. The Hall–Kier alpha value is -3.06. The average molecular weight is 424 g/mol. The van der Waals surface area contributed by atoms with Gasteiger partial charge in [0.05, 0.1) is 23.6 Å². The van der Waals surface area contributed by atoms with Crippen molar-refractivity contribution < 1.29 is 18.5 Å². The molecule has 1 amide bonds. The van der Waals surface area contributed by atoms with Crippen LogP contribution in [0.3, 0.4) is 0 Å². The molecule has 0 bridgehead atoms. The van der Waals surface area contributed by atoms with Gasteiger partial charge in [0.15, 0.2) is 0 Å². The Bertz CT molecular complexity index is 953. The molecule has 1 fully saturated rings. The third-order valence-corrected chi connectivity index (χ3v) is 5.84. The number of nitrogens with one attached hydrogen (secondary N) is 1. The maximum absolute atomic E-state index is 12.7. The van der Waals surface area contributed by atoms with Crippen LogP contribution in [0.15, 0.2) is 51.6 Å². The molecule has 1 unspecified atom stereocenters. The smallest absolute Gasteiger partial charge is 0.251 e. The molecule has 0 aliphatic carbocycles. The highest BCUT2D eigenvalue weighted by Gasteiger charge is 2.25. The van der Waals surface area contributed by atoms with Crippen molar-refractivity contribution in [2.45, 2.75) is 45.8 Å². The number of amides is 1. The molecule has 3 heterocycles. The van der Waals surface area contributed by atoms with E-state index in [2.05, 4.69) is 15.4 Å². The Morgan fingerprint density at radius 2 is 1.94 bits per heavy atom. The van der Waals surface area contributed by atoms with Gasteiger partial charge in [-0.25, -0.2) is 0 Å². The molecule has 1 saturated heterocycles. The van der Waals surface area contributed by atoms with E-state index in [1.165, 1.54) is 19.3 Å². The third-order valence-electron chi connectivity index (χ3n) is 5.84. The van der Waals surface area contributed by atoms with Crippen molar-refractivity contribution >= 4 is 5.91 Å². The summed E-state index contributed by atoms with van der Waals surface area (Å²) in [5.74, 6) is 2.24. The van der Waals surface area contributed by atoms with Gasteiger partial charge in [-0.1, -0.05) is 11.6 Å². The van der Waals surface area contributed by atoms with Gasteiger partial charge in [-0.3, -0.25) is 9.69 Å². The van der Waals surface area contributed by atoms with E-state index in [1.54, 1.807) is 18.4 Å². The lowest BCUT2D eigenvalue weighted by molar-refractivity contribution is 0.0914. The van der Waals surface area contributed by atoms with Crippen LogP contribution in [0.4, 0.5) is 0 Å². The molecule has 0 spiro atoms. The molecule has 164 valence electrons. The van der Waals surface area contributed by atoms with Crippen LogP contribution in [0, 0.1) is 13.8 Å². The molecule has 7 nitrogen and oxygen atoms in total. The first kappa shape index (κ1) is 21.2. The zero-order valence-electron chi connectivity index (χ0n) is 18.1. The van der Waals surface area contributed by atoms with Gasteiger partial charge in [0.2, 0.25) is 0 Å². The fraction of sp³-hybridized carbons (Fsp3) is 0.417. The van der Waals surface area contributed by atoms with E-state index in [1.807, 2.05) is 38.1 Å². The Morgan fingerprint density at radius 1 is 1.16 bits per heavy atom. The number of rotatable bonds is 8.